The second-order valence-corrected chi connectivity index (χ2v) is 8.45. The van der Waals surface area contributed by atoms with Crippen molar-refractivity contribution in [2.75, 3.05) is 0 Å². The second-order valence-electron chi connectivity index (χ2n) is 8.45. The average molecular weight is 411 g/mol. The van der Waals surface area contributed by atoms with Crippen molar-refractivity contribution >= 4 is 11.0 Å². The fourth-order valence-electron chi connectivity index (χ4n) is 4.00. The van der Waals surface area contributed by atoms with Crippen molar-refractivity contribution in [3.63, 3.8) is 0 Å². The normalized spacial score (nSPS) is 11.6. The quantitative estimate of drug-likeness (QED) is 0.357. The van der Waals surface area contributed by atoms with E-state index in [1.165, 1.54) is 43.1 Å². The lowest BCUT2D eigenvalue weighted by Crippen LogP contribution is -2.38. The Balaban J connectivity index is 1.74. The third-order valence-corrected chi connectivity index (χ3v) is 6.08. The van der Waals surface area contributed by atoms with E-state index in [4.69, 9.17) is 0 Å². The van der Waals surface area contributed by atoms with Gasteiger partial charge in [0.25, 0.3) is 5.56 Å². The van der Waals surface area contributed by atoms with Crippen LogP contribution in [0.5, 0.6) is 0 Å². The molecule has 0 aromatic heterocycles. The first kappa shape index (κ1) is 22.2. The SMILES string of the molecule is CCCCCCCCCCCn1c(=O)nc2n(C)c3cc(C)c(C)cc3nc-2c1=O. The molecule has 30 heavy (non-hydrogen) atoms. The van der Waals surface area contributed by atoms with Crippen LogP contribution in [-0.4, -0.2) is 19.1 Å². The molecule has 0 aliphatic carbocycles. The zero-order valence-corrected chi connectivity index (χ0v) is 18.8. The third-order valence-electron chi connectivity index (χ3n) is 6.08. The molecule has 0 bridgehead atoms. The molecule has 0 amide bonds. The summed E-state index contributed by atoms with van der Waals surface area (Å²) in [5.41, 5.74) is 3.34. The van der Waals surface area contributed by atoms with Gasteiger partial charge in [-0.1, -0.05) is 58.3 Å². The molecule has 162 valence electrons. The molecule has 1 aromatic carbocycles. The number of hydrogen-bond donors (Lipinski definition) is 0. The lowest BCUT2D eigenvalue weighted by atomic mass is 10.1. The number of nitrogens with zero attached hydrogens (tertiary/aromatic N) is 4. The maximum Gasteiger partial charge on any atom is 0.352 e. The van der Waals surface area contributed by atoms with Gasteiger partial charge in [-0.3, -0.25) is 9.36 Å². The van der Waals surface area contributed by atoms with E-state index in [2.05, 4.69) is 16.9 Å². The standard InChI is InChI=1S/C24H34N4O2/c1-5-6-7-8-9-10-11-12-13-14-28-23(29)21-22(26-24(28)30)27(4)20-16-18(3)17(2)15-19(20)25-21/h15-16H,5-14H2,1-4H3. The van der Waals surface area contributed by atoms with Crippen molar-refractivity contribution in [1.29, 1.82) is 0 Å². The van der Waals surface area contributed by atoms with Crippen molar-refractivity contribution in [3.05, 3.63) is 44.1 Å². The Kier molecular flexibility index (Phi) is 7.40. The van der Waals surface area contributed by atoms with Gasteiger partial charge in [0, 0.05) is 13.6 Å². The highest BCUT2D eigenvalue weighted by atomic mass is 16.2. The van der Waals surface area contributed by atoms with Crippen molar-refractivity contribution in [2.24, 2.45) is 7.05 Å². The fourth-order valence-corrected chi connectivity index (χ4v) is 4.00. The molecule has 2 aliphatic heterocycles. The number of rotatable bonds is 10. The number of benzene rings is 1. The molecule has 6 heteroatoms. The number of aryl methyl sites for hydroxylation is 3. The molecular weight excluding hydrogens is 376 g/mol. The molecule has 6 nitrogen and oxygen atoms in total. The Labute approximate surface area is 178 Å². The Morgan fingerprint density at radius 3 is 2.10 bits per heavy atom. The molecule has 0 saturated heterocycles. The monoisotopic (exact) mass is 410 g/mol. The van der Waals surface area contributed by atoms with Crippen LogP contribution in [0.1, 0.15) is 75.8 Å². The topological polar surface area (TPSA) is 69.8 Å². The summed E-state index contributed by atoms with van der Waals surface area (Å²) in [6.07, 6.45) is 10.7. The first-order valence-electron chi connectivity index (χ1n) is 11.3. The number of fused-ring (bicyclic) bond motifs is 2. The van der Waals surface area contributed by atoms with Gasteiger partial charge in [-0.05, 0) is 43.5 Å². The van der Waals surface area contributed by atoms with Gasteiger partial charge < -0.3 is 4.57 Å². The van der Waals surface area contributed by atoms with Crippen LogP contribution >= 0.6 is 0 Å². The first-order chi connectivity index (χ1) is 14.4. The zero-order chi connectivity index (χ0) is 21.7. The van der Waals surface area contributed by atoms with E-state index in [0.717, 1.165) is 41.4 Å². The Morgan fingerprint density at radius 1 is 0.833 bits per heavy atom. The van der Waals surface area contributed by atoms with Crippen molar-refractivity contribution < 1.29 is 0 Å². The van der Waals surface area contributed by atoms with E-state index in [1.54, 1.807) is 4.57 Å². The minimum atomic E-state index is -0.479. The summed E-state index contributed by atoms with van der Waals surface area (Å²) in [6.45, 7) is 6.71. The van der Waals surface area contributed by atoms with E-state index in [-0.39, 0.29) is 11.3 Å². The van der Waals surface area contributed by atoms with Crippen molar-refractivity contribution in [3.8, 4) is 11.5 Å². The van der Waals surface area contributed by atoms with E-state index in [0.29, 0.717) is 12.4 Å². The maximum absolute atomic E-state index is 13.0. The minimum absolute atomic E-state index is 0.267. The van der Waals surface area contributed by atoms with Gasteiger partial charge in [-0.25, -0.2) is 9.78 Å². The summed E-state index contributed by atoms with van der Waals surface area (Å²) in [6, 6.07) is 4.01. The molecule has 0 radical (unpaired) electrons. The van der Waals surface area contributed by atoms with Crippen LogP contribution in [0.4, 0.5) is 0 Å². The molecule has 2 heterocycles. The summed E-state index contributed by atoms with van der Waals surface area (Å²) < 4.78 is 3.05. The van der Waals surface area contributed by atoms with Crippen molar-refractivity contribution in [2.45, 2.75) is 85.1 Å². The second kappa shape index (κ2) is 10.0. The Bertz CT molecular complexity index is 1100. The summed E-state index contributed by atoms with van der Waals surface area (Å²) in [4.78, 5) is 34.3. The molecule has 1 aromatic rings. The zero-order valence-electron chi connectivity index (χ0n) is 18.8. The minimum Gasteiger partial charge on any atom is -0.325 e. The smallest absolute Gasteiger partial charge is 0.325 e. The highest BCUT2D eigenvalue weighted by Crippen LogP contribution is 2.22. The predicted molar refractivity (Wildman–Crippen MR) is 122 cm³/mol. The first-order valence-corrected chi connectivity index (χ1v) is 11.3. The fraction of sp³-hybridized carbons (Fsp3) is 0.583. The van der Waals surface area contributed by atoms with Gasteiger partial charge in [0.1, 0.15) is 0 Å². The average Bonchev–Trinajstić information content (AvgIpc) is 2.71. The van der Waals surface area contributed by atoms with Gasteiger partial charge in [0.15, 0.2) is 11.5 Å². The number of hydrogen-bond acceptors (Lipinski definition) is 4. The predicted octanol–water partition coefficient (Wildman–Crippen LogP) is 4.74. The molecule has 0 spiro atoms. The molecule has 2 aliphatic rings. The van der Waals surface area contributed by atoms with E-state index in [1.807, 2.05) is 33.0 Å². The lowest BCUT2D eigenvalue weighted by molar-refractivity contribution is 0.522. The van der Waals surface area contributed by atoms with E-state index < -0.39 is 5.69 Å². The molecule has 0 unspecified atom stereocenters. The Morgan fingerprint density at radius 2 is 1.43 bits per heavy atom. The molecular formula is C24H34N4O2. The van der Waals surface area contributed by atoms with Gasteiger partial charge in [-0.2, -0.15) is 4.98 Å². The van der Waals surface area contributed by atoms with Gasteiger partial charge in [-0.15, -0.1) is 0 Å². The molecule has 0 saturated carbocycles. The number of aromatic nitrogens is 4. The summed E-state index contributed by atoms with van der Waals surface area (Å²) in [5, 5.41) is 0. The van der Waals surface area contributed by atoms with Crippen LogP contribution in [0.3, 0.4) is 0 Å². The van der Waals surface area contributed by atoms with Gasteiger partial charge >= 0.3 is 5.69 Å². The van der Waals surface area contributed by atoms with Gasteiger partial charge in [0.05, 0.1) is 11.0 Å². The van der Waals surface area contributed by atoms with Crippen LogP contribution < -0.4 is 11.2 Å². The van der Waals surface area contributed by atoms with Crippen LogP contribution in [0.2, 0.25) is 0 Å². The summed E-state index contributed by atoms with van der Waals surface area (Å²) in [7, 11) is 1.83. The highest BCUT2D eigenvalue weighted by Gasteiger charge is 2.20. The number of unbranched alkanes of at least 4 members (excludes halogenated alkanes) is 8. The molecule has 3 rings (SSSR count). The van der Waals surface area contributed by atoms with Crippen LogP contribution in [0, 0.1) is 13.8 Å². The van der Waals surface area contributed by atoms with E-state index >= 15 is 0 Å². The maximum atomic E-state index is 13.0. The Hall–Kier alpha value is -2.50. The highest BCUT2D eigenvalue weighted by molar-refractivity contribution is 5.80. The van der Waals surface area contributed by atoms with Crippen molar-refractivity contribution in [1.82, 2.24) is 19.1 Å². The lowest BCUT2D eigenvalue weighted by Gasteiger charge is -2.15. The van der Waals surface area contributed by atoms with Gasteiger partial charge in [0.2, 0.25) is 0 Å². The molecule has 0 atom stereocenters. The van der Waals surface area contributed by atoms with E-state index in [9.17, 15) is 9.59 Å². The largest absolute Gasteiger partial charge is 0.352 e. The molecule has 0 N–H and O–H groups in total. The van der Waals surface area contributed by atoms with Crippen LogP contribution in [0.15, 0.2) is 21.7 Å². The third kappa shape index (κ3) is 4.79. The summed E-state index contributed by atoms with van der Waals surface area (Å²) in [5.74, 6) is 0.351. The van der Waals surface area contributed by atoms with Crippen LogP contribution in [-0.2, 0) is 13.6 Å². The summed E-state index contributed by atoms with van der Waals surface area (Å²) >= 11 is 0. The molecule has 0 fully saturated rings. The van der Waals surface area contributed by atoms with Crippen LogP contribution in [0.25, 0.3) is 22.6 Å².